The van der Waals surface area contributed by atoms with E-state index in [9.17, 15) is 19.7 Å². The van der Waals surface area contributed by atoms with Crippen LogP contribution in [-0.4, -0.2) is 58.0 Å². The molecule has 0 radical (unpaired) electrons. The molecule has 2 aromatic rings. The molecular formula is C20H29N5O6. The highest BCUT2D eigenvalue weighted by atomic mass is 16.6. The molecule has 0 saturated carbocycles. The Labute approximate surface area is 180 Å². The van der Waals surface area contributed by atoms with E-state index in [1.807, 2.05) is 0 Å². The highest BCUT2D eigenvalue weighted by Gasteiger charge is 2.28. The molecule has 0 atom stereocenters. The van der Waals surface area contributed by atoms with E-state index in [0.717, 1.165) is 0 Å². The van der Waals surface area contributed by atoms with Gasteiger partial charge in [0.05, 0.1) is 10.4 Å². The number of ether oxygens (including phenoxy) is 2. The van der Waals surface area contributed by atoms with Crippen molar-refractivity contribution in [3.8, 4) is 0 Å². The van der Waals surface area contributed by atoms with Gasteiger partial charge in [0, 0.05) is 26.2 Å². The van der Waals surface area contributed by atoms with Crippen LogP contribution in [0.1, 0.15) is 41.5 Å². The Balaban J connectivity index is 2.35. The molecule has 2 rings (SSSR count). The summed E-state index contributed by atoms with van der Waals surface area (Å²) in [6.07, 6.45) is -1.28. The molecule has 0 bridgehead atoms. The number of hydrogen-bond acceptors (Lipinski definition) is 8. The van der Waals surface area contributed by atoms with Crippen molar-refractivity contribution in [1.82, 2.24) is 14.9 Å². The van der Waals surface area contributed by atoms with Crippen LogP contribution in [0.15, 0.2) is 18.2 Å². The summed E-state index contributed by atoms with van der Waals surface area (Å²) in [6, 6.07) is 4.37. The van der Waals surface area contributed by atoms with E-state index in [2.05, 4.69) is 10.3 Å². The van der Waals surface area contributed by atoms with Crippen LogP contribution in [0.3, 0.4) is 0 Å². The largest absolute Gasteiger partial charge is 0.444 e. The predicted octanol–water partition coefficient (Wildman–Crippen LogP) is 3.69. The van der Waals surface area contributed by atoms with E-state index >= 15 is 0 Å². The molecule has 1 aromatic heterocycles. The van der Waals surface area contributed by atoms with Crippen molar-refractivity contribution in [2.24, 2.45) is 0 Å². The van der Waals surface area contributed by atoms with Crippen LogP contribution in [0.25, 0.3) is 11.0 Å². The summed E-state index contributed by atoms with van der Waals surface area (Å²) in [5.74, 6) is 0.157. The molecule has 0 aliphatic rings. The standard InChI is InChI=1S/C20H29N5O6/c1-19(2,3)30-17(26)21-11-12-23(7)16-22-15-13(9-8-10-14(15)25(28)29)24(16)18(27)31-20(4,5)6/h8-10H,11-12H2,1-7H3,(H,21,26). The molecule has 11 nitrogen and oxygen atoms in total. The van der Waals surface area contributed by atoms with Crippen LogP contribution in [-0.2, 0) is 9.47 Å². The van der Waals surface area contributed by atoms with Crippen LogP contribution in [0.5, 0.6) is 0 Å². The summed E-state index contributed by atoms with van der Waals surface area (Å²) < 4.78 is 11.9. The fourth-order valence-corrected chi connectivity index (χ4v) is 2.70. The van der Waals surface area contributed by atoms with Crippen molar-refractivity contribution < 1.29 is 24.0 Å². The number of aromatic nitrogens is 2. The van der Waals surface area contributed by atoms with Gasteiger partial charge in [-0.1, -0.05) is 6.07 Å². The lowest BCUT2D eigenvalue weighted by Gasteiger charge is -2.23. The third kappa shape index (κ3) is 6.30. The third-order valence-corrected chi connectivity index (χ3v) is 3.88. The van der Waals surface area contributed by atoms with Crippen molar-refractivity contribution in [3.05, 3.63) is 28.3 Å². The maximum atomic E-state index is 12.9. The second kappa shape index (κ2) is 8.78. The molecule has 1 heterocycles. The lowest BCUT2D eigenvalue weighted by Crippen LogP contribution is -2.38. The van der Waals surface area contributed by atoms with E-state index < -0.39 is 28.3 Å². The molecule has 0 spiro atoms. The van der Waals surface area contributed by atoms with Gasteiger partial charge in [-0.2, -0.15) is 0 Å². The number of amides is 1. The van der Waals surface area contributed by atoms with Crippen molar-refractivity contribution >= 4 is 34.9 Å². The van der Waals surface area contributed by atoms with Gasteiger partial charge < -0.3 is 19.7 Å². The summed E-state index contributed by atoms with van der Waals surface area (Å²) >= 11 is 0. The first-order chi connectivity index (χ1) is 14.2. The quantitative estimate of drug-likeness (QED) is 0.556. The second-order valence-electron chi connectivity index (χ2n) is 8.98. The van der Waals surface area contributed by atoms with Gasteiger partial charge in [-0.25, -0.2) is 19.1 Å². The predicted molar refractivity (Wildman–Crippen MR) is 116 cm³/mol. The summed E-state index contributed by atoms with van der Waals surface area (Å²) in [5, 5.41) is 14.1. The molecule has 0 fully saturated rings. The fraction of sp³-hybridized carbons (Fsp3) is 0.550. The average Bonchev–Trinajstić information content (AvgIpc) is 2.98. The number of carbonyl (C=O) groups is 2. The van der Waals surface area contributed by atoms with E-state index in [0.29, 0.717) is 0 Å². The normalized spacial score (nSPS) is 11.8. The van der Waals surface area contributed by atoms with Gasteiger partial charge in [-0.05, 0) is 47.6 Å². The molecule has 1 aromatic carbocycles. The molecule has 31 heavy (non-hydrogen) atoms. The van der Waals surface area contributed by atoms with Crippen LogP contribution in [0.4, 0.5) is 21.2 Å². The van der Waals surface area contributed by atoms with Crippen molar-refractivity contribution in [2.45, 2.75) is 52.7 Å². The van der Waals surface area contributed by atoms with Gasteiger partial charge in [-0.3, -0.25) is 10.1 Å². The minimum absolute atomic E-state index is 0.0697. The number of imidazole rings is 1. The number of nitrogens with zero attached hydrogens (tertiary/aromatic N) is 4. The van der Waals surface area contributed by atoms with Crippen LogP contribution >= 0.6 is 0 Å². The van der Waals surface area contributed by atoms with Gasteiger partial charge in [0.1, 0.15) is 11.2 Å². The summed E-state index contributed by atoms with van der Waals surface area (Å²) in [7, 11) is 1.66. The zero-order valence-corrected chi connectivity index (χ0v) is 18.9. The maximum absolute atomic E-state index is 12.9. The van der Waals surface area contributed by atoms with E-state index in [4.69, 9.17) is 9.47 Å². The van der Waals surface area contributed by atoms with E-state index in [1.54, 1.807) is 59.6 Å². The van der Waals surface area contributed by atoms with Gasteiger partial charge in [0.25, 0.3) is 5.69 Å². The molecule has 11 heteroatoms. The molecule has 1 amide bonds. The summed E-state index contributed by atoms with van der Waals surface area (Å²) in [6.45, 7) is 10.9. The number of hydrogen-bond donors (Lipinski definition) is 1. The monoisotopic (exact) mass is 435 g/mol. The number of likely N-dealkylation sites (N-methyl/N-ethyl adjacent to an activating group) is 1. The number of anilines is 1. The minimum Gasteiger partial charge on any atom is -0.444 e. The SMILES string of the molecule is CN(CCNC(=O)OC(C)(C)C)c1nc2c([N+](=O)[O-])cccc2n1C(=O)OC(C)(C)C. The number of nitro benzene ring substituents is 1. The van der Waals surface area contributed by atoms with E-state index in [1.165, 1.54) is 16.7 Å². The number of para-hydroxylation sites is 1. The number of nitro groups is 1. The Hall–Kier alpha value is -3.37. The second-order valence-corrected chi connectivity index (χ2v) is 8.98. The van der Waals surface area contributed by atoms with Crippen molar-refractivity contribution in [2.75, 3.05) is 25.0 Å². The number of alkyl carbamates (subject to hydrolysis) is 1. The lowest BCUT2D eigenvalue weighted by molar-refractivity contribution is -0.383. The zero-order chi connectivity index (χ0) is 23.6. The van der Waals surface area contributed by atoms with Crippen LogP contribution < -0.4 is 10.2 Å². The number of non-ortho nitro benzene ring substituents is 1. The van der Waals surface area contributed by atoms with Crippen molar-refractivity contribution in [3.63, 3.8) is 0 Å². The lowest BCUT2D eigenvalue weighted by atomic mass is 10.2. The topological polar surface area (TPSA) is 129 Å². The number of benzene rings is 1. The zero-order valence-electron chi connectivity index (χ0n) is 18.9. The first-order valence-corrected chi connectivity index (χ1v) is 9.77. The van der Waals surface area contributed by atoms with Crippen LogP contribution in [0, 0.1) is 10.1 Å². The van der Waals surface area contributed by atoms with Gasteiger partial charge in [0.15, 0.2) is 5.52 Å². The Morgan fingerprint density at radius 1 is 1.16 bits per heavy atom. The Morgan fingerprint density at radius 3 is 2.32 bits per heavy atom. The third-order valence-electron chi connectivity index (χ3n) is 3.88. The molecular weight excluding hydrogens is 406 g/mol. The summed E-state index contributed by atoms with van der Waals surface area (Å²) in [5.41, 5.74) is -1.30. The molecule has 170 valence electrons. The molecule has 0 aliphatic heterocycles. The van der Waals surface area contributed by atoms with Gasteiger partial charge in [0.2, 0.25) is 5.95 Å². The summed E-state index contributed by atoms with van der Waals surface area (Å²) in [4.78, 5) is 41.6. The van der Waals surface area contributed by atoms with Crippen molar-refractivity contribution in [1.29, 1.82) is 0 Å². The average molecular weight is 435 g/mol. The molecule has 1 N–H and O–H groups in total. The van der Waals surface area contributed by atoms with Gasteiger partial charge >= 0.3 is 12.2 Å². The minimum atomic E-state index is -0.775. The Morgan fingerprint density at radius 2 is 1.77 bits per heavy atom. The smallest absolute Gasteiger partial charge is 0.421 e. The highest BCUT2D eigenvalue weighted by molar-refractivity contribution is 5.95. The Bertz CT molecular complexity index is 986. The first kappa shape index (κ1) is 23.9. The Kier molecular flexibility index (Phi) is 6.77. The number of rotatable bonds is 5. The molecule has 0 aliphatic carbocycles. The van der Waals surface area contributed by atoms with Crippen LogP contribution in [0.2, 0.25) is 0 Å². The maximum Gasteiger partial charge on any atom is 0.421 e. The van der Waals surface area contributed by atoms with Gasteiger partial charge in [-0.15, -0.1) is 0 Å². The number of nitrogens with one attached hydrogen (secondary N) is 1. The number of fused-ring (bicyclic) bond motifs is 1. The fourth-order valence-electron chi connectivity index (χ4n) is 2.70. The number of carbonyl (C=O) groups excluding carboxylic acids is 2. The molecule has 0 saturated heterocycles. The molecule has 0 unspecified atom stereocenters. The van der Waals surface area contributed by atoms with E-state index in [-0.39, 0.29) is 35.8 Å². The highest BCUT2D eigenvalue weighted by Crippen LogP contribution is 2.30. The first-order valence-electron chi connectivity index (χ1n) is 9.77.